The summed E-state index contributed by atoms with van der Waals surface area (Å²) in [5.41, 5.74) is 1.70. The normalized spacial score (nSPS) is 23.4. The SMILES string of the molecule is Cn1nc(-c2ccc(F)cc2)cc1C(=O)N[C@H]1C[C@@H](CO)[C@@H](O)C1. The summed E-state index contributed by atoms with van der Waals surface area (Å²) in [4.78, 5) is 12.4. The number of halogens is 1. The molecule has 0 aliphatic heterocycles. The summed E-state index contributed by atoms with van der Waals surface area (Å²) in [7, 11) is 1.67. The Morgan fingerprint density at radius 1 is 1.38 bits per heavy atom. The molecule has 1 aliphatic rings. The van der Waals surface area contributed by atoms with Crippen LogP contribution in [-0.2, 0) is 7.05 Å². The van der Waals surface area contributed by atoms with Crippen LogP contribution in [0.25, 0.3) is 11.3 Å². The molecule has 0 unspecified atom stereocenters. The maximum atomic E-state index is 13.0. The van der Waals surface area contributed by atoms with Crippen molar-refractivity contribution in [3.8, 4) is 11.3 Å². The van der Waals surface area contributed by atoms with Crippen LogP contribution in [0.1, 0.15) is 23.3 Å². The number of aliphatic hydroxyl groups is 2. The first-order chi connectivity index (χ1) is 11.5. The Hall–Kier alpha value is -2.25. The van der Waals surface area contributed by atoms with Gasteiger partial charge in [0, 0.05) is 31.2 Å². The van der Waals surface area contributed by atoms with E-state index in [1.54, 1.807) is 25.2 Å². The van der Waals surface area contributed by atoms with Gasteiger partial charge in [-0.05, 0) is 43.2 Å². The van der Waals surface area contributed by atoms with Gasteiger partial charge in [0.15, 0.2) is 0 Å². The molecule has 0 radical (unpaired) electrons. The summed E-state index contributed by atoms with van der Waals surface area (Å²) in [6.45, 7) is -0.0893. The van der Waals surface area contributed by atoms with E-state index in [-0.39, 0.29) is 30.3 Å². The lowest BCUT2D eigenvalue weighted by Crippen LogP contribution is -2.34. The van der Waals surface area contributed by atoms with Crippen molar-refractivity contribution in [2.24, 2.45) is 13.0 Å². The van der Waals surface area contributed by atoms with Gasteiger partial charge in [-0.3, -0.25) is 9.48 Å². The molecule has 24 heavy (non-hydrogen) atoms. The maximum absolute atomic E-state index is 13.0. The van der Waals surface area contributed by atoms with Crippen molar-refractivity contribution < 1.29 is 19.4 Å². The third-order valence-corrected chi connectivity index (χ3v) is 4.48. The number of carbonyl (C=O) groups excluding carboxylic acids is 1. The van der Waals surface area contributed by atoms with E-state index in [2.05, 4.69) is 10.4 Å². The Balaban J connectivity index is 1.73. The summed E-state index contributed by atoms with van der Waals surface area (Å²) in [5.74, 6) is -0.809. The Bertz CT molecular complexity index is 729. The lowest BCUT2D eigenvalue weighted by atomic mass is 10.1. The van der Waals surface area contributed by atoms with Crippen LogP contribution in [0.4, 0.5) is 4.39 Å². The summed E-state index contributed by atoms with van der Waals surface area (Å²) in [6, 6.07) is 7.39. The van der Waals surface area contributed by atoms with Crippen molar-refractivity contribution in [3.63, 3.8) is 0 Å². The van der Waals surface area contributed by atoms with Crippen LogP contribution in [0.3, 0.4) is 0 Å². The minimum Gasteiger partial charge on any atom is -0.396 e. The highest BCUT2D eigenvalue weighted by molar-refractivity contribution is 5.93. The lowest BCUT2D eigenvalue weighted by molar-refractivity contribution is 0.0902. The average Bonchev–Trinajstić information content (AvgIpc) is 3.10. The molecule has 2 aromatic rings. The first-order valence-corrected chi connectivity index (χ1v) is 7.87. The maximum Gasteiger partial charge on any atom is 0.269 e. The minimum absolute atomic E-state index is 0.0893. The lowest BCUT2D eigenvalue weighted by Gasteiger charge is -2.12. The first-order valence-electron chi connectivity index (χ1n) is 7.87. The van der Waals surface area contributed by atoms with E-state index < -0.39 is 6.10 Å². The van der Waals surface area contributed by atoms with Gasteiger partial charge < -0.3 is 15.5 Å². The van der Waals surface area contributed by atoms with Crippen molar-refractivity contribution in [2.45, 2.75) is 25.0 Å². The van der Waals surface area contributed by atoms with Crippen LogP contribution < -0.4 is 5.32 Å². The van der Waals surface area contributed by atoms with Gasteiger partial charge in [-0.2, -0.15) is 5.10 Å². The van der Waals surface area contributed by atoms with E-state index >= 15 is 0 Å². The van der Waals surface area contributed by atoms with Gasteiger partial charge in [0.1, 0.15) is 11.5 Å². The number of hydrogen-bond donors (Lipinski definition) is 3. The van der Waals surface area contributed by atoms with Crippen LogP contribution >= 0.6 is 0 Å². The molecule has 1 saturated carbocycles. The third-order valence-electron chi connectivity index (χ3n) is 4.48. The average molecular weight is 333 g/mol. The van der Waals surface area contributed by atoms with Crippen LogP contribution in [0.2, 0.25) is 0 Å². The van der Waals surface area contributed by atoms with Crippen molar-refractivity contribution >= 4 is 5.91 Å². The van der Waals surface area contributed by atoms with Gasteiger partial charge in [-0.15, -0.1) is 0 Å². The summed E-state index contributed by atoms with van der Waals surface area (Å²) in [6.07, 6.45) is 0.382. The van der Waals surface area contributed by atoms with Crippen molar-refractivity contribution in [1.29, 1.82) is 0 Å². The molecule has 0 bridgehead atoms. The quantitative estimate of drug-likeness (QED) is 0.782. The molecule has 128 valence electrons. The molecule has 0 saturated heterocycles. The van der Waals surface area contributed by atoms with Gasteiger partial charge >= 0.3 is 0 Å². The number of carbonyl (C=O) groups is 1. The van der Waals surface area contributed by atoms with E-state index in [4.69, 9.17) is 0 Å². The van der Waals surface area contributed by atoms with Crippen LogP contribution in [0.15, 0.2) is 30.3 Å². The Labute approximate surface area is 138 Å². The second-order valence-corrected chi connectivity index (χ2v) is 6.20. The highest BCUT2D eigenvalue weighted by atomic mass is 19.1. The van der Waals surface area contributed by atoms with Gasteiger partial charge in [0.05, 0.1) is 11.8 Å². The Morgan fingerprint density at radius 3 is 2.71 bits per heavy atom. The molecule has 3 rings (SSSR count). The number of aromatic nitrogens is 2. The minimum atomic E-state index is -0.596. The van der Waals surface area contributed by atoms with E-state index in [1.807, 2.05) is 0 Å². The Morgan fingerprint density at radius 2 is 2.08 bits per heavy atom. The monoisotopic (exact) mass is 333 g/mol. The number of benzene rings is 1. The fourth-order valence-corrected chi connectivity index (χ4v) is 3.12. The van der Waals surface area contributed by atoms with Crippen molar-refractivity contribution in [2.75, 3.05) is 6.61 Å². The number of aliphatic hydroxyl groups excluding tert-OH is 2. The third kappa shape index (κ3) is 3.32. The number of amides is 1. The molecular formula is C17H20FN3O3. The van der Waals surface area contributed by atoms with E-state index in [1.165, 1.54) is 16.8 Å². The Kier molecular flexibility index (Phi) is 4.64. The summed E-state index contributed by atoms with van der Waals surface area (Å²) in [5, 5.41) is 26.2. The van der Waals surface area contributed by atoms with Crippen LogP contribution in [0.5, 0.6) is 0 Å². The molecule has 3 N–H and O–H groups in total. The molecule has 1 amide bonds. The van der Waals surface area contributed by atoms with Crippen LogP contribution in [0, 0.1) is 11.7 Å². The predicted molar refractivity (Wildman–Crippen MR) is 85.7 cm³/mol. The largest absolute Gasteiger partial charge is 0.396 e. The van der Waals surface area contributed by atoms with Gasteiger partial charge in [-0.25, -0.2) is 4.39 Å². The highest BCUT2D eigenvalue weighted by Crippen LogP contribution is 2.26. The summed E-state index contributed by atoms with van der Waals surface area (Å²) >= 11 is 0. The van der Waals surface area contributed by atoms with Gasteiger partial charge in [0.25, 0.3) is 5.91 Å². The number of aryl methyl sites for hydroxylation is 1. The van der Waals surface area contributed by atoms with Gasteiger partial charge in [-0.1, -0.05) is 0 Å². The first kappa shape index (κ1) is 16.6. The van der Waals surface area contributed by atoms with Crippen molar-refractivity contribution in [1.82, 2.24) is 15.1 Å². The number of nitrogens with zero attached hydrogens (tertiary/aromatic N) is 2. The number of nitrogens with one attached hydrogen (secondary N) is 1. The molecule has 1 aromatic heterocycles. The number of hydrogen-bond acceptors (Lipinski definition) is 4. The second-order valence-electron chi connectivity index (χ2n) is 6.20. The fourth-order valence-electron chi connectivity index (χ4n) is 3.12. The standard InChI is InChI=1S/C17H20FN3O3/c1-21-15(8-14(20-21)10-2-4-12(18)5-3-10)17(24)19-13-6-11(9-22)16(23)7-13/h2-5,8,11,13,16,22-23H,6-7,9H2,1H3,(H,19,24)/t11-,13-,16-/m0/s1. The molecular weight excluding hydrogens is 313 g/mol. The number of rotatable bonds is 4. The van der Waals surface area contributed by atoms with E-state index in [0.717, 1.165) is 5.56 Å². The fraction of sp³-hybridized carbons (Fsp3) is 0.412. The molecule has 3 atom stereocenters. The zero-order chi connectivity index (χ0) is 17.3. The molecule has 1 heterocycles. The molecule has 1 aromatic carbocycles. The zero-order valence-corrected chi connectivity index (χ0v) is 13.3. The molecule has 7 heteroatoms. The smallest absolute Gasteiger partial charge is 0.269 e. The molecule has 1 aliphatic carbocycles. The predicted octanol–water partition coefficient (Wildman–Crippen LogP) is 1.09. The van der Waals surface area contributed by atoms with Crippen molar-refractivity contribution in [3.05, 3.63) is 41.8 Å². The zero-order valence-electron chi connectivity index (χ0n) is 13.3. The second kappa shape index (κ2) is 6.70. The van der Waals surface area contributed by atoms with E-state index in [9.17, 15) is 19.4 Å². The molecule has 1 fully saturated rings. The molecule has 6 nitrogen and oxygen atoms in total. The van der Waals surface area contributed by atoms with Gasteiger partial charge in [0.2, 0.25) is 0 Å². The topological polar surface area (TPSA) is 87.4 Å². The van der Waals surface area contributed by atoms with E-state index in [0.29, 0.717) is 24.2 Å². The van der Waals surface area contributed by atoms with Crippen LogP contribution in [-0.4, -0.2) is 44.7 Å². The summed E-state index contributed by atoms with van der Waals surface area (Å²) < 4.78 is 14.5. The molecule has 0 spiro atoms. The highest BCUT2D eigenvalue weighted by Gasteiger charge is 2.33.